The lowest BCUT2D eigenvalue weighted by molar-refractivity contribution is 0.415. The number of aromatic nitrogens is 2. The number of ether oxygens (including phenoxy) is 1. The van der Waals surface area contributed by atoms with E-state index in [1.54, 1.807) is 55.3 Å². The Labute approximate surface area is 206 Å². The molecule has 2 heterocycles. The lowest BCUT2D eigenvalue weighted by Crippen LogP contribution is -2.12. The van der Waals surface area contributed by atoms with Gasteiger partial charge in [-0.05, 0) is 79.9 Å². The van der Waals surface area contributed by atoms with Crippen LogP contribution in [0, 0.1) is 6.92 Å². The highest BCUT2D eigenvalue weighted by molar-refractivity contribution is 7.98. The van der Waals surface area contributed by atoms with Crippen molar-refractivity contribution >= 4 is 38.4 Å². The van der Waals surface area contributed by atoms with Gasteiger partial charge in [0.05, 0.1) is 12.0 Å². The standard InChI is InChI=1S/C25H21N3O5S2/c1-15-21-14-20(35(29,30)28-17-6-8-18(31-2)9-7-17)12-13-22(21)32-23(15)25-26-24(27-33-25)16-4-10-19(34-3)11-5-16/h4-14,28H,1-3H3. The number of sulfonamides is 1. The first-order chi connectivity index (χ1) is 16.9. The van der Waals surface area contributed by atoms with Crippen LogP contribution in [-0.4, -0.2) is 31.9 Å². The van der Waals surface area contributed by atoms with Crippen molar-refractivity contribution in [2.45, 2.75) is 16.7 Å². The lowest BCUT2D eigenvalue weighted by atomic mass is 10.1. The first-order valence-corrected chi connectivity index (χ1v) is 13.3. The number of rotatable bonds is 7. The van der Waals surface area contributed by atoms with E-state index < -0.39 is 10.0 Å². The van der Waals surface area contributed by atoms with E-state index >= 15 is 0 Å². The molecule has 5 rings (SSSR count). The molecule has 0 aliphatic rings. The first kappa shape index (κ1) is 23.0. The normalized spacial score (nSPS) is 11.6. The third kappa shape index (κ3) is 4.50. The van der Waals surface area contributed by atoms with Crippen molar-refractivity contribution < 1.29 is 22.1 Å². The minimum Gasteiger partial charge on any atom is -0.497 e. The maximum absolute atomic E-state index is 13.0. The van der Waals surface area contributed by atoms with Crippen molar-refractivity contribution in [3.8, 4) is 28.8 Å². The molecule has 0 aliphatic heterocycles. The highest BCUT2D eigenvalue weighted by Crippen LogP contribution is 2.35. The molecule has 2 aromatic heterocycles. The number of benzene rings is 3. The Balaban J connectivity index is 1.45. The predicted molar refractivity (Wildman–Crippen MR) is 135 cm³/mol. The van der Waals surface area contributed by atoms with Crippen molar-refractivity contribution in [2.24, 2.45) is 0 Å². The Morgan fingerprint density at radius 3 is 2.43 bits per heavy atom. The van der Waals surface area contributed by atoms with Crippen molar-refractivity contribution in [2.75, 3.05) is 18.1 Å². The molecule has 0 spiro atoms. The summed E-state index contributed by atoms with van der Waals surface area (Å²) in [6.45, 7) is 1.83. The number of methoxy groups -OCH3 is 1. The van der Waals surface area contributed by atoms with Crippen LogP contribution < -0.4 is 9.46 Å². The molecule has 0 amide bonds. The Morgan fingerprint density at radius 2 is 1.74 bits per heavy atom. The van der Waals surface area contributed by atoms with E-state index in [2.05, 4.69) is 14.9 Å². The summed E-state index contributed by atoms with van der Waals surface area (Å²) in [6, 6.07) is 19.2. The zero-order valence-electron chi connectivity index (χ0n) is 19.1. The van der Waals surface area contributed by atoms with Crippen LogP contribution in [0.15, 0.2) is 85.5 Å². The summed E-state index contributed by atoms with van der Waals surface area (Å²) >= 11 is 1.65. The summed E-state index contributed by atoms with van der Waals surface area (Å²) in [6.07, 6.45) is 2.01. The van der Waals surface area contributed by atoms with Gasteiger partial charge in [0.2, 0.25) is 5.82 Å². The average Bonchev–Trinajstić information content (AvgIpc) is 3.49. The quantitative estimate of drug-likeness (QED) is 0.268. The first-order valence-electron chi connectivity index (χ1n) is 10.6. The molecule has 0 saturated carbocycles. The minimum absolute atomic E-state index is 0.108. The van der Waals surface area contributed by atoms with Gasteiger partial charge in [-0.15, -0.1) is 11.8 Å². The van der Waals surface area contributed by atoms with Gasteiger partial charge < -0.3 is 13.7 Å². The third-order valence-corrected chi connectivity index (χ3v) is 7.65. The predicted octanol–water partition coefficient (Wildman–Crippen LogP) is 5.99. The number of hydrogen-bond acceptors (Lipinski definition) is 8. The van der Waals surface area contributed by atoms with Crippen LogP contribution in [0.25, 0.3) is 34.0 Å². The van der Waals surface area contributed by atoms with E-state index in [4.69, 9.17) is 13.7 Å². The van der Waals surface area contributed by atoms with Crippen LogP contribution in [0.2, 0.25) is 0 Å². The lowest BCUT2D eigenvalue weighted by Gasteiger charge is -2.09. The van der Waals surface area contributed by atoms with Crippen molar-refractivity contribution in [3.05, 3.63) is 72.3 Å². The molecule has 8 nitrogen and oxygen atoms in total. The molecule has 0 bridgehead atoms. The fourth-order valence-electron chi connectivity index (χ4n) is 3.62. The summed E-state index contributed by atoms with van der Waals surface area (Å²) in [4.78, 5) is 5.73. The van der Waals surface area contributed by atoms with Crippen LogP contribution >= 0.6 is 11.8 Å². The Morgan fingerprint density at radius 1 is 1.00 bits per heavy atom. The summed E-state index contributed by atoms with van der Waals surface area (Å²) < 4.78 is 45.1. The second-order valence-corrected chi connectivity index (χ2v) is 10.3. The average molecular weight is 508 g/mol. The molecule has 10 heteroatoms. The van der Waals surface area contributed by atoms with Crippen LogP contribution in [0.4, 0.5) is 5.69 Å². The minimum atomic E-state index is -3.82. The van der Waals surface area contributed by atoms with Crippen molar-refractivity contribution in [1.29, 1.82) is 0 Å². The zero-order chi connectivity index (χ0) is 24.6. The van der Waals surface area contributed by atoms with E-state index in [1.165, 1.54) is 6.07 Å². The highest BCUT2D eigenvalue weighted by atomic mass is 32.2. The Hall–Kier alpha value is -3.76. The number of furan rings is 1. The van der Waals surface area contributed by atoms with E-state index in [0.29, 0.717) is 39.6 Å². The van der Waals surface area contributed by atoms with Gasteiger partial charge in [-0.25, -0.2) is 8.42 Å². The second-order valence-electron chi connectivity index (χ2n) is 7.70. The molecule has 0 radical (unpaired) electrons. The Bertz CT molecular complexity index is 1610. The van der Waals surface area contributed by atoms with E-state index in [9.17, 15) is 8.42 Å². The van der Waals surface area contributed by atoms with E-state index in [1.807, 2.05) is 37.4 Å². The molecule has 35 heavy (non-hydrogen) atoms. The van der Waals surface area contributed by atoms with Gasteiger partial charge in [-0.3, -0.25) is 4.72 Å². The summed E-state index contributed by atoms with van der Waals surface area (Å²) in [7, 11) is -2.27. The summed E-state index contributed by atoms with van der Waals surface area (Å²) in [5, 5.41) is 4.72. The molecular weight excluding hydrogens is 486 g/mol. The van der Waals surface area contributed by atoms with Gasteiger partial charge in [0.1, 0.15) is 11.3 Å². The molecular formula is C25H21N3O5S2. The SMILES string of the molecule is COc1ccc(NS(=O)(=O)c2ccc3oc(-c4nc(-c5ccc(SC)cc5)no4)c(C)c3c2)cc1. The number of anilines is 1. The fourth-order valence-corrected chi connectivity index (χ4v) is 5.11. The van der Waals surface area contributed by atoms with Crippen molar-refractivity contribution in [1.82, 2.24) is 10.1 Å². The molecule has 1 N–H and O–H groups in total. The number of thioether (sulfide) groups is 1. The molecule has 0 unspecified atom stereocenters. The summed E-state index contributed by atoms with van der Waals surface area (Å²) in [5.74, 6) is 1.71. The van der Waals surface area contributed by atoms with Gasteiger partial charge in [-0.1, -0.05) is 5.16 Å². The Kier molecular flexibility index (Phi) is 6.00. The number of hydrogen-bond donors (Lipinski definition) is 1. The largest absolute Gasteiger partial charge is 0.497 e. The number of aryl methyl sites for hydroxylation is 1. The maximum atomic E-state index is 13.0. The maximum Gasteiger partial charge on any atom is 0.294 e. The van der Waals surface area contributed by atoms with Crippen LogP contribution in [0.3, 0.4) is 0 Å². The van der Waals surface area contributed by atoms with Gasteiger partial charge in [0.15, 0.2) is 5.76 Å². The van der Waals surface area contributed by atoms with Crippen LogP contribution in [0.5, 0.6) is 5.75 Å². The van der Waals surface area contributed by atoms with Crippen LogP contribution in [0.1, 0.15) is 5.56 Å². The monoisotopic (exact) mass is 507 g/mol. The summed E-state index contributed by atoms with van der Waals surface area (Å²) in [5.41, 5.74) is 2.48. The third-order valence-electron chi connectivity index (χ3n) is 5.53. The molecule has 0 saturated heterocycles. The number of fused-ring (bicyclic) bond motifs is 1. The van der Waals surface area contributed by atoms with E-state index in [0.717, 1.165) is 10.5 Å². The fraction of sp³-hybridized carbons (Fsp3) is 0.120. The number of nitrogens with zero attached hydrogens (tertiary/aromatic N) is 2. The van der Waals surface area contributed by atoms with Gasteiger partial charge in [0.25, 0.3) is 15.9 Å². The van der Waals surface area contributed by atoms with Gasteiger partial charge in [0, 0.05) is 27.1 Å². The second kappa shape index (κ2) is 9.12. The highest BCUT2D eigenvalue weighted by Gasteiger charge is 2.22. The van der Waals surface area contributed by atoms with Crippen LogP contribution in [-0.2, 0) is 10.0 Å². The zero-order valence-corrected chi connectivity index (χ0v) is 20.7. The van der Waals surface area contributed by atoms with Gasteiger partial charge in [-0.2, -0.15) is 4.98 Å². The molecule has 178 valence electrons. The number of nitrogens with one attached hydrogen (secondary N) is 1. The molecule has 0 atom stereocenters. The topological polar surface area (TPSA) is 107 Å². The molecule has 0 fully saturated rings. The van der Waals surface area contributed by atoms with Gasteiger partial charge >= 0.3 is 0 Å². The van der Waals surface area contributed by atoms with Crippen molar-refractivity contribution in [3.63, 3.8) is 0 Å². The smallest absolute Gasteiger partial charge is 0.294 e. The molecule has 3 aromatic carbocycles. The van der Waals surface area contributed by atoms with E-state index in [-0.39, 0.29) is 10.8 Å². The molecule has 0 aliphatic carbocycles. The molecule has 5 aromatic rings.